The summed E-state index contributed by atoms with van der Waals surface area (Å²) in [6.07, 6.45) is 3.29. The first-order chi connectivity index (χ1) is 15.5. The summed E-state index contributed by atoms with van der Waals surface area (Å²) < 4.78 is 15.9. The minimum Gasteiger partial charge on any atom is -0.497 e. The van der Waals surface area contributed by atoms with E-state index < -0.39 is 5.63 Å². The number of carbonyl (C=O) groups is 1. The fourth-order valence-corrected chi connectivity index (χ4v) is 3.53. The van der Waals surface area contributed by atoms with Gasteiger partial charge < -0.3 is 13.9 Å². The second-order valence-electron chi connectivity index (χ2n) is 7.36. The number of hydrogen-bond acceptors (Lipinski definition) is 5. The third-order valence-electron chi connectivity index (χ3n) is 5.24. The van der Waals surface area contributed by atoms with Crippen molar-refractivity contribution in [1.29, 1.82) is 0 Å². The number of methoxy groups -OCH3 is 2. The molecule has 0 aliphatic heterocycles. The first kappa shape index (κ1) is 21.1. The molecule has 0 atom stereocenters. The summed E-state index contributed by atoms with van der Waals surface area (Å²) in [5.41, 5.74) is 3.58. The highest BCUT2D eigenvalue weighted by Crippen LogP contribution is 2.26. The molecule has 0 saturated carbocycles. The van der Waals surface area contributed by atoms with E-state index in [2.05, 4.69) is 0 Å². The van der Waals surface area contributed by atoms with Gasteiger partial charge in [0.15, 0.2) is 5.78 Å². The molecule has 1 heterocycles. The average Bonchev–Trinajstić information content (AvgIpc) is 2.83. The van der Waals surface area contributed by atoms with Crippen molar-refractivity contribution in [2.24, 2.45) is 0 Å². The van der Waals surface area contributed by atoms with Crippen LogP contribution in [0.25, 0.3) is 28.2 Å². The minimum atomic E-state index is -0.399. The topological polar surface area (TPSA) is 65.7 Å². The fraction of sp³-hybridized carbons (Fsp3) is 0.111. The Labute approximate surface area is 185 Å². The van der Waals surface area contributed by atoms with Gasteiger partial charge in [-0.15, -0.1) is 0 Å². The highest BCUT2D eigenvalue weighted by atomic mass is 16.5. The molecular formula is C27H22O5. The number of carbonyl (C=O) groups excluding carboxylic acids is 1. The van der Waals surface area contributed by atoms with Crippen molar-refractivity contribution in [1.82, 2.24) is 0 Å². The first-order valence-corrected chi connectivity index (χ1v) is 10.1. The van der Waals surface area contributed by atoms with Gasteiger partial charge in [-0.05, 0) is 84.3 Å². The van der Waals surface area contributed by atoms with E-state index in [0.717, 1.165) is 22.1 Å². The quantitative estimate of drug-likeness (QED) is 0.225. The summed E-state index contributed by atoms with van der Waals surface area (Å²) in [7, 11) is 3.18. The summed E-state index contributed by atoms with van der Waals surface area (Å²) in [5.74, 6) is 1.30. The van der Waals surface area contributed by atoms with Crippen LogP contribution in [0, 0.1) is 6.92 Å². The number of hydrogen-bond donors (Lipinski definition) is 0. The Hall–Kier alpha value is -4.12. The van der Waals surface area contributed by atoms with E-state index in [-0.39, 0.29) is 5.78 Å². The molecule has 0 saturated heterocycles. The van der Waals surface area contributed by atoms with Gasteiger partial charge in [-0.25, -0.2) is 4.79 Å². The minimum absolute atomic E-state index is 0.107. The van der Waals surface area contributed by atoms with Crippen molar-refractivity contribution in [3.63, 3.8) is 0 Å². The largest absolute Gasteiger partial charge is 0.497 e. The average molecular weight is 426 g/mol. The van der Waals surface area contributed by atoms with Gasteiger partial charge >= 0.3 is 5.63 Å². The molecule has 4 aromatic rings. The molecule has 0 radical (unpaired) electrons. The number of ether oxygens (including phenoxy) is 2. The maximum atomic E-state index is 12.6. The standard InChI is InChI=1S/C27H22O5/c1-17-14-18(4-13-25(28)20-7-11-23(31-3)12-8-20)15-21-16-24(27(29)32-26(17)21)19-5-9-22(30-2)10-6-19/h4-16H,1-3H3/b13-4+. The summed E-state index contributed by atoms with van der Waals surface area (Å²) in [5, 5.41) is 0.784. The molecule has 0 fully saturated rings. The SMILES string of the molecule is COc1ccc(C(=O)/C=C/c2cc(C)c3oc(=O)c(-c4ccc(OC)cc4)cc3c2)cc1. The third kappa shape index (κ3) is 4.32. The van der Waals surface area contributed by atoms with Crippen molar-refractivity contribution < 1.29 is 18.7 Å². The van der Waals surface area contributed by atoms with Crippen LogP contribution in [0.2, 0.25) is 0 Å². The maximum absolute atomic E-state index is 12.6. The molecule has 0 spiro atoms. The summed E-state index contributed by atoms with van der Waals surface area (Å²) in [4.78, 5) is 25.1. The molecular weight excluding hydrogens is 404 g/mol. The zero-order valence-electron chi connectivity index (χ0n) is 18.0. The van der Waals surface area contributed by atoms with E-state index in [0.29, 0.717) is 28.2 Å². The third-order valence-corrected chi connectivity index (χ3v) is 5.24. The fourth-order valence-electron chi connectivity index (χ4n) is 3.53. The van der Waals surface area contributed by atoms with Gasteiger partial charge in [0.1, 0.15) is 17.1 Å². The van der Waals surface area contributed by atoms with Crippen LogP contribution in [0.5, 0.6) is 11.5 Å². The van der Waals surface area contributed by atoms with E-state index >= 15 is 0 Å². The van der Waals surface area contributed by atoms with E-state index in [1.807, 2.05) is 37.3 Å². The smallest absolute Gasteiger partial charge is 0.344 e. The lowest BCUT2D eigenvalue weighted by Gasteiger charge is -2.07. The predicted octanol–water partition coefficient (Wildman–Crippen LogP) is 5.68. The van der Waals surface area contributed by atoms with Gasteiger partial charge in [-0.3, -0.25) is 4.79 Å². The molecule has 0 aliphatic carbocycles. The predicted molar refractivity (Wildman–Crippen MR) is 126 cm³/mol. The van der Waals surface area contributed by atoms with Crippen LogP contribution < -0.4 is 15.1 Å². The molecule has 32 heavy (non-hydrogen) atoms. The first-order valence-electron chi connectivity index (χ1n) is 10.1. The highest BCUT2D eigenvalue weighted by molar-refractivity contribution is 6.07. The van der Waals surface area contributed by atoms with Crippen LogP contribution in [0.3, 0.4) is 0 Å². The molecule has 3 aromatic carbocycles. The van der Waals surface area contributed by atoms with Crippen molar-refractivity contribution in [2.45, 2.75) is 6.92 Å². The Morgan fingerprint density at radius 1 is 0.875 bits per heavy atom. The van der Waals surface area contributed by atoms with Crippen molar-refractivity contribution in [3.05, 3.63) is 99.9 Å². The zero-order valence-corrected chi connectivity index (χ0v) is 18.0. The van der Waals surface area contributed by atoms with E-state index in [1.54, 1.807) is 56.7 Å². The van der Waals surface area contributed by atoms with Gasteiger partial charge in [0.2, 0.25) is 0 Å². The number of ketones is 1. The van der Waals surface area contributed by atoms with Gasteiger partial charge in [0, 0.05) is 10.9 Å². The molecule has 5 nitrogen and oxygen atoms in total. The lowest BCUT2D eigenvalue weighted by molar-refractivity contribution is 0.104. The van der Waals surface area contributed by atoms with E-state index in [1.165, 1.54) is 6.08 Å². The molecule has 5 heteroatoms. The van der Waals surface area contributed by atoms with Crippen LogP contribution >= 0.6 is 0 Å². The van der Waals surface area contributed by atoms with Crippen LogP contribution in [0.15, 0.2) is 82.0 Å². The lowest BCUT2D eigenvalue weighted by atomic mass is 10.0. The Morgan fingerprint density at radius 3 is 2.12 bits per heavy atom. The van der Waals surface area contributed by atoms with Gasteiger partial charge in [0.05, 0.1) is 19.8 Å². The van der Waals surface area contributed by atoms with Gasteiger partial charge in [-0.2, -0.15) is 0 Å². The molecule has 0 bridgehead atoms. The Morgan fingerprint density at radius 2 is 1.50 bits per heavy atom. The number of fused-ring (bicyclic) bond motifs is 1. The Bertz CT molecular complexity index is 1360. The van der Waals surface area contributed by atoms with Crippen LogP contribution in [-0.2, 0) is 0 Å². The number of allylic oxidation sites excluding steroid dienone is 1. The van der Waals surface area contributed by atoms with Crippen LogP contribution in [-0.4, -0.2) is 20.0 Å². The summed E-state index contributed by atoms with van der Waals surface area (Å²) >= 11 is 0. The van der Waals surface area contributed by atoms with Crippen LogP contribution in [0.1, 0.15) is 21.5 Å². The Balaban J connectivity index is 1.68. The summed E-state index contributed by atoms with van der Waals surface area (Å²) in [6.45, 7) is 1.88. The molecule has 4 rings (SSSR count). The maximum Gasteiger partial charge on any atom is 0.344 e. The normalized spacial score (nSPS) is 11.1. The van der Waals surface area contributed by atoms with Crippen molar-refractivity contribution in [2.75, 3.05) is 14.2 Å². The van der Waals surface area contributed by atoms with E-state index in [9.17, 15) is 9.59 Å². The van der Waals surface area contributed by atoms with Crippen molar-refractivity contribution in [3.8, 4) is 22.6 Å². The molecule has 0 aliphatic rings. The molecule has 0 unspecified atom stereocenters. The number of rotatable bonds is 6. The van der Waals surface area contributed by atoms with Crippen molar-refractivity contribution >= 4 is 22.8 Å². The Kier molecular flexibility index (Phi) is 5.90. The van der Waals surface area contributed by atoms with E-state index in [4.69, 9.17) is 13.9 Å². The van der Waals surface area contributed by atoms with Gasteiger partial charge in [-0.1, -0.05) is 18.2 Å². The van der Waals surface area contributed by atoms with Crippen LogP contribution in [0.4, 0.5) is 0 Å². The molecule has 0 N–H and O–H groups in total. The molecule has 1 aromatic heterocycles. The lowest BCUT2D eigenvalue weighted by Crippen LogP contribution is -2.03. The van der Waals surface area contributed by atoms with Gasteiger partial charge in [0.25, 0.3) is 0 Å². The number of benzene rings is 3. The number of aryl methyl sites for hydroxylation is 1. The summed E-state index contributed by atoms with van der Waals surface area (Å²) in [6, 6.07) is 19.8. The second-order valence-corrected chi connectivity index (χ2v) is 7.36. The second kappa shape index (κ2) is 8.94. The monoisotopic (exact) mass is 426 g/mol. The molecule has 0 amide bonds. The molecule has 160 valence electrons. The highest BCUT2D eigenvalue weighted by Gasteiger charge is 2.11. The zero-order chi connectivity index (χ0) is 22.7.